The molecule has 9 heteroatoms. The Hall–Kier alpha value is -1.10. The summed E-state index contributed by atoms with van der Waals surface area (Å²) < 4.78 is 0. The van der Waals surface area contributed by atoms with Gasteiger partial charge in [-0.05, 0) is 25.8 Å². The van der Waals surface area contributed by atoms with Crippen LogP contribution in [0.1, 0.15) is 39.0 Å². The van der Waals surface area contributed by atoms with Crippen molar-refractivity contribution >= 4 is 11.7 Å². The van der Waals surface area contributed by atoms with E-state index in [2.05, 4.69) is 5.32 Å². The lowest BCUT2D eigenvalue weighted by Gasteiger charge is -2.28. The summed E-state index contributed by atoms with van der Waals surface area (Å²) >= 11 is 0. The Morgan fingerprint density at radius 2 is 1.50 bits per heavy atom. The van der Waals surface area contributed by atoms with Crippen molar-refractivity contribution in [1.82, 2.24) is 5.32 Å². The Morgan fingerprint density at radius 1 is 0.917 bits per heavy atom. The van der Waals surface area contributed by atoms with Gasteiger partial charge in [0.2, 0.25) is 0 Å². The molecule has 0 aromatic heterocycles. The van der Waals surface area contributed by atoms with Crippen LogP contribution in [0, 0.1) is 0 Å². The molecule has 0 bridgehead atoms. The molecular weight excluding hydrogens is 320 g/mol. The van der Waals surface area contributed by atoms with Gasteiger partial charge in [0.25, 0.3) is 5.91 Å². The van der Waals surface area contributed by atoms with Gasteiger partial charge < -0.3 is 36.6 Å². The van der Waals surface area contributed by atoms with Crippen molar-refractivity contribution in [2.24, 2.45) is 5.73 Å². The van der Waals surface area contributed by atoms with E-state index in [4.69, 9.17) is 5.73 Å². The molecule has 142 valence electrons. The third-order valence-electron chi connectivity index (χ3n) is 3.65. The molecule has 5 atom stereocenters. The summed E-state index contributed by atoms with van der Waals surface area (Å²) in [5.41, 5.74) is 5.28. The summed E-state index contributed by atoms with van der Waals surface area (Å²) in [6, 6.07) is 0. The second-order valence-corrected chi connectivity index (χ2v) is 5.72. The van der Waals surface area contributed by atoms with Gasteiger partial charge in [-0.25, -0.2) is 0 Å². The summed E-state index contributed by atoms with van der Waals surface area (Å²) in [5, 5.41) is 51.1. The van der Waals surface area contributed by atoms with Crippen LogP contribution in [0.3, 0.4) is 0 Å². The Balaban J connectivity index is 4.54. The standard InChI is InChI=1S/C15H30N2O7/c1-2-3-8-17-15(24)14(23)13(22)12(21)11(20)10(19)9(18)6-4-5-7-16/h10-14,19-23H,2-8,16H2,1H3,(H,17,24)/t10-,11+,12-,13-,14?/m0/s1. The van der Waals surface area contributed by atoms with E-state index < -0.39 is 42.2 Å². The van der Waals surface area contributed by atoms with Crippen molar-refractivity contribution in [3.05, 3.63) is 0 Å². The van der Waals surface area contributed by atoms with E-state index in [9.17, 15) is 35.1 Å². The average molecular weight is 350 g/mol. The second kappa shape index (κ2) is 12.3. The fourth-order valence-corrected chi connectivity index (χ4v) is 2.01. The Bertz CT molecular complexity index is 347. The van der Waals surface area contributed by atoms with Crippen LogP contribution >= 0.6 is 0 Å². The van der Waals surface area contributed by atoms with E-state index in [1.807, 2.05) is 6.92 Å². The zero-order valence-corrected chi connectivity index (χ0v) is 14.0. The predicted octanol–water partition coefficient (Wildman–Crippen LogP) is -2.59. The summed E-state index contributed by atoms with van der Waals surface area (Å²) in [4.78, 5) is 23.3. The van der Waals surface area contributed by atoms with Gasteiger partial charge in [0.05, 0.1) is 0 Å². The van der Waals surface area contributed by atoms with Crippen molar-refractivity contribution in [3.8, 4) is 0 Å². The summed E-state index contributed by atoms with van der Waals surface area (Å²) in [6.45, 7) is 2.58. The highest BCUT2D eigenvalue weighted by molar-refractivity contribution is 5.83. The largest absolute Gasteiger partial charge is 0.387 e. The number of carbonyl (C=O) groups is 2. The third kappa shape index (κ3) is 7.65. The minimum absolute atomic E-state index is 0.0434. The van der Waals surface area contributed by atoms with Crippen molar-refractivity contribution in [2.45, 2.75) is 69.5 Å². The molecule has 0 saturated carbocycles. The first-order chi connectivity index (χ1) is 11.3. The molecule has 0 fully saturated rings. The van der Waals surface area contributed by atoms with E-state index in [1.54, 1.807) is 0 Å². The molecule has 0 aromatic rings. The SMILES string of the molecule is CCCCNC(=O)C(O)[C@@H](O)[C@@H](O)[C@H](O)[C@@H](O)C(=O)CCCCN. The van der Waals surface area contributed by atoms with Crippen molar-refractivity contribution in [2.75, 3.05) is 13.1 Å². The lowest BCUT2D eigenvalue weighted by Crippen LogP contribution is -2.54. The topological polar surface area (TPSA) is 173 Å². The predicted molar refractivity (Wildman–Crippen MR) is 85.9 cm³/mol. The zero-order chi connectivity index (χ0) is 18.7. The maximum Gasteiger partial charge on any atom is 0.251 e. The number of hydrogen-bond donors (Lipinski definition) is 7. The van der Waals surface area contributed by atoms with Gasteiger partial charge in [-0.15, -0.1) is 0 Å². The molecule has 0 aromatic carbocycles. The molecule has 9 nitrogen and oxygen atoms in total. The summed E-state index contributed by atoms with van der Waals surface area (Å²) in [7, 11) is 0. The number of carbonyl (C=O) groups excluding carboxylic acids is 2. The number of unbranched alkanes of at least 4 members (excludes halogenated alkanes) is 2. The maximum absolute atomic E-state index is 11.7. The van der Waals surface area contributed by atoms with Crippen LogP contribution in [0.5, 0.6) is 0 Å². The molecule has 0 aliphatic rings. The van der Waals surface area contributed by atoms with Gasteiger partial charge in [0.15, 0.2) is 11.9 Å². The van der Waals surface area contributed by atoms with E-state index in [1.165, 1.54) is 0 Å². The van der Waals surface area contributed by atoms with Crippen molar-refractivity contribution in [3.63, 3.8) is 0 Å². The Labute approximate surface area is 141 Å². The van der Waals surface area contributed by atoms with E-state index >= 15 is 0 Å². The molecule has 0 aliphatic heterocycles. The first kappa shape index (κ1) is 22.9. The molecule has 0 heterocycles. The van der Waals surface area contributed by atoms with Gasteiger partial charge in [-0.1, -0.05) is 13.3 Å². The molecule has 0 aliphatic carbocycles. The maximum atomic E-state index is 11.7. The number of nitrogens with two attached hydrogens (primary N) is 1. The van der Waals surface area contributed by atoms with Crippen molar-refractivity contribution < 1.29 is 35.1 Å². The molecule has 0 radical (unpaired) electrons. The van der Waals surface area contributed by atoms with Crippen LogP contribution in [0.4, 0.5) is 0 Å². The molecule has 0 saturated heterocycles. The van der Waals surface area contributed by atoms with Gasteiger partial charge in [-0.2, -0.15) is 0 Å². The number of amides is 1. The minimum Gasteiger partial charge on any atom is -0.387 e. The number of aliphatic hydroxyl groups excluding tert-OH is 5. The van der Waals surface area contributed by atoms with Gasteiger partial charge in [-0.3, -0.25) is 9.59 Å². The Kier molecular flexibility index (Phi) is 11.7. The van der Waals surface area contributed by atoms with E-state index in [0.717, 1.165) is 6.42 Å². The van der Waals surface area contributed by atoms with Crippen LogP contribution in [0.2, 0.25) is 0 Å². The molecule has 0 spiro atoms. The number of ketones is 1. The van der Waals surface area contributed by atoms with Crippen LogP contribution in [-0.2, 0) is 9.59 Å². The highest BCUT2D eigenvalue weighted by Crippen LogP contribution is 2.12. The normalized spacial score (nSPS) is 17.6. The molecule has 24 heavy (non-hydrogen) atoms. The third-order valence-corrected chi connectivity index (χ3v) is 3.65. The minimum atomic E-state index is -2.06. The fourth-order valence-electron chi connectivity index (χ4n) is 2.01. The number of hydrogen-bond acceptors (Lipinski definition) is 8. The highest BCUT2D eigenvalue weighted by Gasteiger charge is 2.39. The zero-order valence-electron chi connectivity index (χ0n) is 14.0. The molecular formula is C15H30N2O7. The first-order valence-corrected chi connectivity index (χ1v) is 8.18. The Morgan fingerprint density at radius 3 is 2.04 bits per heavy atom. The lowest BCUT2D eigenvalue weighted by molar-refractivity contribution is -0.160. The van der Waals surface area contributed by atoms with E-state index in [0.29, 0.717) is 32.4 Å². The lowest BCUT2D eigenvalue weighted by atomic mass is 9.95. The van der Waals surface area contributed by atoms with Crippen molar-refractivity contribution in [1.29, 1.82) is 0 Å². The summed E-state index contributed by atoms with van der Waals surface area (Å²) in [6.07, 6.45) is -7.63. The van der Waals surface area contributed by atoms with Gasteiger partial charge >= 0.3 is 0 Å². The van der Waals surface area contributed by atoms with Gasteiger partial charge in [0, 0.05) is 13.0 Å². The fraction of sp³-hybridized carbons (Fsp3) is 0.867. The average Bonchev–Trinajstić information content (AvgIpc) is 2.58. The van der Waals surface area contributed by atoms with Crippen LogP contribution in [-0.4, -0.2) is 80.8 Å². The van der Waals surface area contributed by atoms with Crippen LogP contribution in [0.15, 0.2) is 0 Å². The molecule has 8 N–H and O–H groups in total. The summed E-state index contributed by atoms with van der Waals surface area (Å²) in [5.74, 6) is -1.63. The number of Topliss-reactive ketones (excluding diaryl/α,β-unsaturated/α-hetero) is 1. The number of nitrogens with one attached hydrogen (secondary N) is 1. The van der Waals surface area contributed by atoms with E-state index in [-0.39, 0.29) is 6.42 Å². The number of aliphatic hydroxyl groups is 5. The second-order valence-electron chi connectivity index (χ2n) is 5.72. The van der Waals surface area contributed by atoms with Crippen LogP contribution < -0.4 is 11.1 Å². The highest BCUT2D eigenvalue weighted by atomic mass is 16.4. The molecule has 1 unspecified atom stereocenters. The molecule has 0 rings (SSSR count). The monoisotopic (exact) mass is 350 g/mol. The van der Waals surface area contributed by atoms with Gasteiger partial charge in [0.1, 0.15) is 24.4 Å². The smallest absolute Gasteiger partial charge is 0.251 e. The quantitative estimate of drug-likeness (QED) is 0.177. The number of rotatable bonds is 13. The van der Waals surface area contributed by atoms with Crippen LogP contribution in [0.25, 0.3) is 0 Å². The first-order valence-electron chi connectivity index (χ1n) is 8.18. The molecule has 1 amide bonds.